The summed E-state index contributed by atoms with van der Waals surface area (Å²) in [6.45, 7) is 6.33. The number of benzene rings is 1. The van der Waals surface area contributed by atoms with Crippen LogP contribution in [0.25, 0.3) is 0 Å². The molecule has 1 aromatic carbocycles. The second kappa shape index (κ2) is 5.16. The highest BCUT2D eigenvalue weighted by Gasteiger charge is 2.58. The van der Waals surface area contributed by atoms with E-state index in [-0.39, 0.29) is 11.4 Å². The fraction of sp³-hybridized carbons (Fsp3) is 0.533. The van der Waals surface area contributed by atoms with Crippen molar-refractivity contribution in [1.82, 2.24) is 0 Å². The zero-order chi connectivity index (χ0) is 14.1. The molecule has 0 aromatic heterocycles. The summed E-state index contributed by atoms with van der Waals surface area (Å²) in [4.78, 5) is 12.3. The summed E-state index contributed by atoms with van der Waals surface area (Å²) in [6.07, 6.45) is 2.09. The lowest BCUT2D eigenvalue weighted by Gasteiger charge is -2.35. The molecule has 1 atom stereocenters. The molecule has 0 bridgehead atoms. The molecule has 2 rings (SSSR count). The number of anilines is 1. The number of esters is 1. The largest absolute Gasteiger partial charge is 0.464 e. The summed E-state index contributed by atoms with van der Waals surface area (Å²) < 4.78 is 6.28. The van der Waals surface area contributed by atoms with Crippen molar-refractivity contribution in [3.8, 4) is 0 Å². The third-order valence-corrected chi connectivity index (χ3v) is 4.66. The molecule has 1 unspecified atom stereocenters. The average Bonchev–Trinajstić information content (AvgIpc) is 3.12. The Morgan fingerprint density at radius 3 is 2.47 bits per heavy atom. The van der Waals surface area contributed by atoms with Crippen molar-refractivity contribution in [2.75, 3.05) is 11.9 Å². The first-order valence-electron chi connectivity index (χ1n) is 6.62. The first-order chi connectivity index (χ1) is 8.91. The maximum Gasteiger partial charge on any atom is 0.332 e. The molecule has 104 valence electrons. The van der Waals surface area contributed by atoms with Crippen molar-refractivity contribution >= 4 is 27.6 Å². The Bertz CT molecular complexity index is 468. The molecule has 1 aliphatic rings. The summed E-state index contributed by atoms with van der Waals surface area (Å²) in [6, 6.07) is 7.85. The maximum absolute atomic E-state index is 12.3. The summed E-state index contributed by atoms with van der Waals surface area (Å²) in [5.41, 5.74) is 0.246. The van der Waals surface area contributed by atoms with Crippen LogP contribution in [-0.2, 0) is 9.53 Å². The van der Waals surface area contributed by atoms with E-state index in [2.05, 4.69) is 28.2 Å². The minimum Gasteiger partial charge on any atom is -0.464 e. The molecule has 1 N–H and O–H groups in total. The monoisotopic (exact) mass is 325 g/mol. The van der Waals surface area contributed by atoms with E-state index < -0.39 is 5.54 Å². The topological polar surface area (TPSA) is 38.3 Å². The predicted octanol–water partition coefficient (Wildman–Crippen LogP) is 3.98. The van der Waals surface area contributed by atoms with Crippen LogP contribution in [0.15, 0.2) is 28.7 Å². The Balaban J connectivity index is 2.23. The lowest BCUT2D eigenvalue weighted by atomic mass is 9.83. The highest BCUT2D eigenvalue weighted by atomic mass is 79.9. The lowest BCUT2D eigenvalue weighted by Crippen LogP contribution is -2.51. The molecule has 0 heterocycles. The molecule has 0 amide bonds. The number of hydrogen-bond donors (Lipinski definition) is 1. The first kappa shape index (κ1) is 14.4. The molecular weight excluding hydrogens is 306 g/mol. The van der Waals surface area contributed by atoms with Crippen LogP contribution >= 0.6 is 15.9 Å². The van der Waals surface area contributed by atoms with Crippen LogP contribution in [0.2, 0.25) is 0 Å². The number of nitrogens with one attached hydrogen (secondary N) is 1. The third-order valence-electron chi connectivity index (χ3n) is 4.13. The normalized spacial score (nSPS) is 19.4. The summed E-state index contributed by atoms with van der Waals surface area (Å²) in [5.74, 6) is -0.169. The van der Waals surface area contributed by atoms with Crippen LogP contribution in [0.3, 0.4) is 0 Å². The Hall–Kier alpha value is -1.03. The molecule has 0 saturated heterocycles. The van der Waals surface area contributed by atoms with Gasteiger partial charge in [0.2, 0.25) is 0 Å². The molecule has 3 nitrogen and oxygen atoms in total. The van der Waals surface area contributed by atoms with E-state index in [4.69, 9.17) is 4.74 Å². The Morgan fingerprint density at radius 2 is 2.00 bits per heavy atom. The molecule has 0 aliphatic heterocycles. The van der Waals surface area contributed by atoms with E-state index in [1.807, 2.05) is 38.1 Å². The fourth-order valence-corrected chi connectivity index (χ4v) is 2.50. The molecule has 1 aliphatic carbocycles. The van der Waals surface area contributed by atoms with Crippen molar-refractivity contribution in [1.29, 1.82) is 0 Å². The van der Waals surface area contributed by atoms with Crippen molar-refractivity contribution in [2.45, 2.75) is 39.2 Å². The van der Waals surface area contributed by atoms with E-state index in [0.717, 1.165) is 23.0 Å². The van der Waals surface area contributed by atoms with Gasteiger partial charge in [-0.25, -0.2) is 4.79 Å². The maximum atomic E-state index is 12.3. The average molecular weight is 326 g/mol. The van der Waals surface area contributed by atoms with E-state index in [1.165, 1.54) is 0 Å². The number of carbonyl (C=O) groups excluding carboxylic acids is 1. The second-order valence-corrected chi connectivity index (χ2v) is 6.45. The quantitative estimate of drug-likeness (QED) is 0.832. The standard InChI is InChI=1S/C15H20BrNO2/c1-4-19-13(18)15(3,14(2)9-10-14)17-12-7-5-11(16)6-8-12/h5-8,17H,4,9-10H2,1-3H3. The van der Waals surface area contributed by atoms with Gasteiger partial charge in [-0.15, -0.1) is 0 Å². The van der Waals surface area contributed by atoms with Crippen LogP contribution in [0.1, 0.15) is 33.6 Å². The minimum atomic E-state index is -0.670. The van der Waals surface area contributed by atoms with E-state index in [0.29, 0.717) is 6.61 Å². The molecular formula is C15H20BrNO2. The molecule has 1 fully saturated rings. The number of hydrogen-bond acceptors (Lipinski definition) is 3. The first-order valence-corrected chi connectivity index (χ1v) is 7.41. The smallest absolute Gasteiger partial charge is 0.332 e. The fourth-order valence-electron chi connectivity index (χ4n) is 2.23. The summed E-state index contributed by atoms with van der Waals surface area (Å²) in [7, 11) is 0. The van der Waals surface area contributed by atoms with Gasteiger partial charge in [0.25, 0.3) is 0 Å². The van der Waals surface area contributed by atoms with Gasteiger partial charge in [-0.3, -0.25) is 0 Å². The van der Waals surface area contributed by atoms with Gasteiger partial charge in [0, 0.05) is 15.6 Å². The number of rotatable bonds is 5. The van der Waals surface area contributed by atoms with Crippen molar-refractivity contribution in [2.24, 2.45) is 5.41 Å². The molecule has 0 spiro atoms. The minimum absolute atomic E-state index is 0.0215. The zero-order valence-corrected chi connectivity index (χ0v) is 13.2. The Labute approximate surface area is 122 Å². The van der Waals surface area contributed by atoms with E-state index in [9.17, 15) is 4.79 Å². The van der Waals surface area contributed by atoms with Gasteiger partial charge in [-0.1, -0.05) is 22.9 Å². The van der Waals surface area contributed by atoms with Gasteiger partial charge >= 0.3 is 5.97 Å². The van der Waals surface area contributed by atoms with Gasteiger partial charge < -0.3 is 10.1 Å². The van der Waals surface area contributed by atoms with Gasteiger partial charge in [0.15, 0.2) is 0 Å². The van der Waals surface area contributed by atoms with Gasteiger partial charge in [-0.05, 0) is 51.0 Å². The lowest BCUT2D eigenvalue weighted by molar-refractivity contribution is -0.150. The SMILES string of the molecule is CCOC(=O)C(C)(Nc1ccc(Br)cc1)C1(C)CC1. The predicted molar refractivity (Wildman–Crippen MR) is 80.1 cm³/mol. The van der Waals surface area contributed by atoms with Crippen LogP contribution < -0.4 is 5.32 Å². The van der Waals surface area contributed by atoms with Gasteiger partial charge in [0.1, 0.15) is 5.54 Å². The third kappa shape index (κ3) is 2.78. The van der Waals surface area contributed by atoms with Crippen LogP contribution in [0, 0.1) is 5.41 Å². The highest BCUT2D eigenvalue weighted by molar-refractivity contribution is 9.10. The van der Waals surface area contributed by atoms with Crippen molar-refractivity contribution in [3.05, 3.63) is 28.7 Å². The molecule has 1 saturated carbocycles. The highest BCUT2D eigenvalue weighted by Crippen LogP contribution is 2.55. The molecule has 4 heteroatoms. The molecule has 0 radical (unpaired) electrons. The molecule has 1 aromatic rings. The number of carbonyl (C=O) groups is 1. The summed E-state index contributed by atoms with van der Waals surface area (Å²) >= 11 is 3.41. The van der Waals surface area contributed by atoms with Crippen LogP contribution in [0.4, 0.5) is 5.69 Å². The Morgan fingerprint density at radius 1 is 1.42 bits per heavy atom. The summed E-state index contributed by atoms with van der Waals surface area (Å²) in [5, 5.41) is 3.37. The van der Waals surface area contributed by atoms with Crippen LogP contribution in [0.5, 0.6) is 0 Å². The van der Waals surface area contributed by atoms with Crippen LogP contribution in [-0.4, -0.2) is 18.1 Å². The van der Waals surface area contributed by atoms with Crippen molar-refractivity contribution in [3.63, 3.8) is 0 Å². The zero-order valence-electron chi connectivity index (χ0n) is 11.6. The van der Waals surface area contributed by atoms with Gasteiger partial charge in [-0.2, -0.15) is 0 Å². The van der Waals surface area contributed by atoms with Gasteiger partial charge in [0.05, 0.1) is 6.61 Å². The number of ether oxygens (including phenoxy) is 1. The van der Waals surface area contributed by atoms with E-state index in [1.54, 1.807) is 0 Å². The van der Waals surface area contributed by atoms with E-state index >= 15 is 0 Å². The Kier molecular flexibility index (Phi) is 3.90. The number of halogens is 1. The molecule has 19 heavy (non-hydrogen) atoms. The second-order valence-electron chi connectivity index (χ2n) is 5.54. The van der Waals surface area contributed by atoms with Crippen molar-refractivity contribution < 1.29 is 9.53 Å².